The van der Waals surface area contributed by atoms with Crippen LogP contribution >= 0.6 is 0 Å². The molecule has 0 spiro atoms. The van der Waals surface area contributed by atoms with Crippen molar-refractivity contribution in [1.82, 2.24) is 0 Å². The summed E-state index contributed by atoms with van der Waals surface area (Å²) in [7, 11) is 0. The third kappa shape index (κ3) is 4.52. The monoisotopic (exact) mass is 314 g/mol. The topological polar surface area (TPSA) is 35.5 Å². The van der Waals surface area contributed by atoms with E-state index >= 15 is 0 Å². The maximum absolute atomic E-state index is 13.6. The zero-order chi connectivity index (χ0) is 16.0. The predicted molar refractivity (Wildman–Crippen MR) is 63.3 cm³/mol. The van der Waals surface area contributed by atoms with Gasteiger partial charge in [-0.3, -0.25) is 4.79 Å². The van der Waals surface area contributed by atoms with Gasteiger partial charge in [0.05, 0.1) is 6.61 Å². The number of alkyl halides is 2. The van der Waals surface area contributed by atoms with Crippen LogP contribution < -0.4 is 0 Å². The van der Waals surface area contributed by atoms with Crippen LogP contribution in [0.1, 0.15) is 25.7 Å². The van der Waals surface area contributed by atoms with E-state index in [1.807, 2.05) is 0 Å². The Bertz CT molecular complexity index is 412. The standard InChI is InChI=1S/C13H15F5O3/c1-2-5-8(13(17,18)10(14)11(15)16)12(19)21-9-6-3-4-7-20-9/h2,8-9H,1,3-7H2. The van der Waals surface area contributed by atoms with Crippen molar-refractivity contribution in [3.8, 4) is 0 Å². The minimum atomic E-state index is -4.67. The smallest absolute Gasteiger partial charge is 0.318 e. The summed E-state index contributed by atoms with van der Waals surface area (Å²) in [5.74, 6) is -11.5. The lowest BCUT2D eigenvalue weighted by molar-refractivity contribution is -0.200. The number of carbonyl (C=O) groups excluding carboxylic acids is 1. The maximum Gasteiger partial charge on any atom is 0.318 e. The molecule has 0 amide bonds. The van der Waals surface area contributed by atoms with Gasteiger partial charge in [0.15, 0.2) is 0 Å². The summed E-state index contributed by atoms with van der Waals surface area (Å²) in [6.45, 7) is 3.45. The first kappa shape index (κ1) is 17.6. The van der Waals surface area contributed by atoms with Gasteiger partial charge < -0.3 is 9.47 Å². The van der Waals surface area contributed by atoms with Crippen LogP contribution in [-0.2, 0) is 14.3 Å². The molecule has 3 nitrogen and oxygen atoms in total. The van der Waals surface area contributed by atoms with E-state index in [1.54, 1.807) is 0 Å². The Morgan fingerprint density at radius 2 is 2.05 bits per heavy atom. The molecule has 0 aliphatic carbocycles. The van der Waals surface area contributed by atoms with Crippen molar-refractivity contribution in [3.05, 3.63) is 24.6 Å². The number of hydrogen-bond donors (Lipinski definition) is 0. The second kappa shape index (κ2) is 7.53. The molecule has 0 aromatic heterocycles. The molecular formula is C13H15F5O3. The Kier molecular flexibility index (Phi) is 6.32. The van der Waals surface area contributed by atoms with Crippen LogP contribution in [0.4, 0.5) is 22.0 Å². The zero-order valence-electron chi connectivity index (χ0n) is 11.1. The summed E-state index contributed by atoms with van der Waals surface area (Å²) >= 11 is 0. The normalized spacial score (nSPS) is 20.5. The van der Waals surface area contributed by atoms with Crippen LogP contribution in [0.2, 0.25) is 0 Å². The fourth-order valence-electron chi connectivity index (χ4n) is 1.85. The van der Waals surface area contributed by atoms with Crippen molar-refractivity contribution in [2.45, 2.75) is 37.9 Å². The van der Waals surface area contributed by atoms with E-state index in [0.29, 0.717) is 19.4 Å². The largest absolute Gasteiger partial charge is 0.435 e. The molecule has 1 aliphatic heterocycles. The van der Waals surface area contributed by atoms with Crippen LogP contribution in [0.25, 0.3) is 0 Å². The zero-order valence-corrected chi connectivity index (χ0v) is 11.1. The molecule has 0 radical (unpaired) electrons. The predicted octanol–water partition coefficient (Wildman–Crippen LogP) is 3.96. The van der Waals surface area contributed by atoms with E-state index in [4.69, 9.17) is 9.47 Å². The molecule has 0 bridgehead atoms. The average Bonchev–Trinajstić information content (AvgIpc) is 2.44. The van der Waals surface area contributed by atoms with E-state index in [0.717, 1.165) is 12.5 Å². The van der Waals surface area contributed by atoms with Crippen molar-refractivity contribution in [3.63, 3.8) is 0 Å². The minimum Gasteiger partial charge on any atom is -0.435 e. The summed E-state index contributed by atoms with van der Waals surface area (Å²) < 4.78 is 74.0. The number of allylic oxidation sites excluding steroid dienone is 2. The summed E-state index contributed by atoms with van der Waals surface area (Å²) in [5, 5.41) is 0. The van der Waals surface area contributed by atoms with Gasteiger partial charge in [0.2, 0.25) is 12.1 Å². The fraction of sp³-hybridized carbons (Fsp3) is 0.615. The van der Waals surface area contributed by atoms with E-state index in [9.17, 15) is 26.7 Å². The van der Waals surface area contributed by atoms with Crippen molar-refractivity contribution < 1.29 is 36.2 Å². The second-order valence-corrected chi connectivity index (χ2v) is 4.51. The highest BCUT2D eigenvalue weighted by Gasteiger charge is 2.51. The van der Waals surface area contributed by atoms with Gasteiger partial charge in [-0.05, 0) is 19.3 Å². The average molecular weight is 314 g/mol. The number of rotatable bonds is 6. The van der Waals surface area contributed by atoms with Gasteiger partial charge >= 0.3 is 18.0 Å². The number of carbonyl (C=O) groups is 1. The first-order chi connectivity index (χ1) is 9.80. The van der Waals surface area contributed by atoms with Crippen molar-refractivity contribution in [2.24, 2.45) is 5.92 Å². The summed E-state index contributed by atoms with van der Waals surface area (Å²) in [5.41, 5.74) is 0. The first-order valence-corrected chi connectivity index (χ1v) is 6.32. The van der Waals surface area contributed by atoms with Crippen molar-refractivity contribution in [1.29, 1.82) is 0 Å². The van der Waals surface area contributed by atoms with Crippen LogP contribution in [0.5, 0.6) is 0 Å². The van der Waals surface area contributed by atoms with Gasteiger partial charge in [0.1, 0.15) is 5.92 Å². The number of hydrogen-bond acceptors (Lipinski definition) is 3. The molecule has 120 valence electrons. The highest BCUT2D eigenvalue weighted by molar-refractivity contribution is 5.74. The highest BCUT2D eigenvalue weighted by Crippen LogP contribution is 2.39. The molecule has 2 unspecified atom stereocenters. The van der Waals surface area contributed by atoms with Gasteiger partial charge in [-0.25, -0.2) is 0 Å². The van der Waals surface area contributed by atoms with Crippen LogP contribution in [-0.4, -0.2) is 24.8 Å². The molecule has 0 aromatic rings. The Hall–Kier alpha value is -1.44. The Morgan fingerprint density at radius 3 is 2.52 bits per heavy atom. The van der Waals surface area contributed by atoms with E-state index in [-0.39, 0.29) is 0 Å². The SMILES string of the molecule is C=CCC(C(=O)OC1CCCCO1)C(F)(F)C(F)=C(F)F. The number of ether oxygens (including phenoxy) is 2. The highest BCUT2D eigenvalue weighted by atomic mass is 19.3. The lowest BCUT2D eigenvalue weighted by atomic mass is 9.96. The molecule has 0 saturated carbocycles. The lowest BCUT2D eigenvalue weighted by Gasteiger charge is -2.27. The van der Waals surface area contributed by atoms with Gasteiger partial charge in [0.25, 0.3) is 0 Å². The molecule has 1 fully saturated rings. The van der Waals surface area contributed by atoms with Gasteiger partial charge in [-0.2, -0.15) is 22.0 Å². The van der Waals surface area contributed by atoms with Crippen molar-refractivity contribution >= 4 is 5.97 Å². The Morgan fingerprint density at radius 1 is 1.38 bits per heavy atom. The summed E-state index contributed by atoms with van der Waals surface area (Å²) in [6, 6.07) is 0. The quantitative estimate of drug-likeness (QED) is 0.423. The van der Waals surface area contributed by atoms with Gasteiger partial charge in [0, 0.05) is 6.42 Å². The Balaban J connectivity index is 2.86. The summed E-state index contributed by atoms with van der Waals surface area (Å²) in [4.78, 5) is 11.7. The maximum atomic E-state index is 13.6. The molecule has 1 heterocycles. The molecule has 1 saturated heterocycles. The van der Waals surface area contributed by atoms with Crippen LogP contribution in [0.15, 0.2) is 24.6 Å². The third-order valence-electron chi connectivity index (χ3n) is 2.97. The van der Waals surface area contributed by atoms with Gasteiger partial charge in [-0.1, -0.05) is 6.08 Å². The van der Waals surface area contributed by atoms with E-state index in [2.05, 4.69) is 6.58 Å². The molecule has 1 rings (SSSR count). The molecule has 8 heteroatoms. The molecule has 2 atom stereocenters. The molecule has 0 N–H and O–H groups in total. The van der Waals surface area contributed by atoms with E-state index in [1.165, 1.54) is 0 Å². The van der Waals surface area contributed by atoms with Crippen LogP contribution in [0.3, 0.4) is 0 Å². The first-order valence-electron chi connectivity index (χ1n) is 6.32. The Labute approximate surface area is 118 Å². The lowest BCUT2D eigenvalue weighted by Crippen LogP contribution is -2.39. The summed E-state index contributed by atoms with van der Waals surface area (Å²) in [6.07, 6.45) is -2.26. The molecule has 21 heavy (non-hydrogen) atoms. The van der Waals surface area contributed by atoms with Crippen molar-refractivity contribution in [2.75, 3.05) is 6.61 Å². The number of esters is 1. The second-order valence-electron chi connectivity index (χ2n) is 4.51. The molecule has 1 aliphatic rings. The number of halogens is 5. The molecule has 0 aromatic carbocycles. The van der Waals surface area contributed by atoms with E-state index < -0.39 is 42.4 Å². The third-order valence-corrected chi connectivity index (χ3v) is 2.97. The minimum absolute atomic E-state index is 0.299. The van der Waals surface area contributed by atoms with Gasteiger partial charge in [-0.15, -0.1) is 6.58 Å². The molecular weight excluding hydrogens is 299 g/mol. The fourth-order valence-corrected chi connectivity index (χ4v) is 1.85. The van der Waals surface area contributed by atoms with Crippen LogP contribution in [0, 0.1) is 5.92 Å².